The molecule has 0 fully saturated rings. The van der Waals surface area contributed by atoms with Crippen LogP contribution in [0.4, 0.5) is 5.69 Å². The van der Waals surface area contributed by atoms with Crippen LogP contribution in [0.25, 0.3) is 0 Å². The second-order valence-electron chi connectivity index (χ2n) is 6.72. The Morgan fingerprint density at radius 3 is 2.26 bits per heavy atom. The Kier molecular flexibility index (Phi) is 7.02. The zero-order valence-electron chi connectivity index (χ0n) is 16.5. The summed E-state index contributed by atoms with van der Waals surface area (Å²) in [6.07, 6.45) is 2.02. The van der Waals surface area contributed by atoms with Crippen LogP contribution in [0.1, 0.15) is 35.6 Å². The van der Waals surface area contributed by atoms with E-state index < -0.39 is 10.0 Å². The van der Waals surface area contributed by atoms with Crippen LogP contribution in [0.2, 0.25) is 0 Å². The van der Waals surface area contributed by atoms with Crippen LogP contribution in [-0.2, 0) is 27.8 Å². The van der Waals surface area contributed by atoms with Gasteiger partial charge in [0.15, 0.2) is 0 Å². The lowest BCUT2D eigenvalue weighted by Gasteiger charge is -2.26. The maximum atomic E-state index is 12.4. The van der Waals surface area contributed by atoms with Crippen molar-refractivity contribution in [3.8, 4) is 0 Å². The van der Waals surface area contributed by atoms with Gasteiger partial charge in [-0.15, -0.1) is 0 Å². The fraction of sp³-hybridized carbons (Fsp3) is 0.381. The van der Waals surface area contributed by atoms with Crippen LogP contribution in [0.5, 0.6) is 0 Å². The fourth-order valence-electron chi connectivity index (χ4n) is 3.10. The molecule has 0 heterocycles. The Hall–Kier alpha value is -2.34. The SMILES string of the molecule is CCc1cccc(C)c1N(CCC(=O)NCc1ccccc1C)S(C)(=O)=O. The number of nitrogens with zero attached hydrogens (tertiary/aromatic N) is 1. The van der Waals surface area contributed by atoms with E-state index in [2.05, 4.69) is 5.32 Å². The Balaban J connectivity index is 2.10. The number of para-hydroxylation sites is 1. The van der Waals surface area contributed by atoms with Crippen molar-refractivity contribution in [3.05, 3.63) is 64.7 Å². The number of hydrogen-bond donors (Lipinski definition) is 1. The third-order valence-corrected chi connectivity index (χ3v) is 5.80. The van der Waals surface area contributed by atoms with Gasteiger partial charge in [0, 0.05) is 19.5 Å². The number of sulfonamides is 1. The smallest absolute Gasteiger partial charge is 0.232 e. The first-order valence-corrected chi connectivity index (χ1v) is 11.0. The summed E-state index contributed by atoms with van der Waals surface area (Å²) < 4.78 is 26.1. The highest BCUT2D eigenvalue weighted by Gasteiger charge is 2.22. The van der Waals surface area contributed by atoms with Gasteiger partial charge < -0.3 is 5.32 Å². The summed E-state index contributed by atoms with van der Waals surface area (Å²) in [7, 11) is -3.49. The van der Waals surface area contributed by atoms with Gasteiger partial charge in [-0.1, -0.05) is 49.4 Å². The van der Waals surface area contributed by atoms with Crippen molar-refractivity contribution in [2.45, 2.75) is 40.2 Å². The maximum Gasteiger partial charge on any atom is 0.232 e. The van der Waals surface area contributed by atoms with Crippen molar-refractivity contribution in [3.63, 3.8) is 0 Å². The van der Waals surface area contributed by atoms with Gasteiger partial charge in [0.1, 0.15) is 0 Å². The van der Waals surface area contributed by atoms with E-state index in [4.69, 9.17) is 0 Å². The van der Waals surface area contributed by atoms with E-state index in [1.807, 2.05) is 63.2 Å². The number of anilines is 1. The van der Waals surface area contributed by atoms with Crippen molar-refractivity contribution >= 4 is 21.6 Å². The molecule has 2 rings (SSSR count). The highest BCUT2D eigenvalue weighted by atomic mass is 32.2. The van der Waals surface area contributed by atoms with Crippen molar-refractivity contribution in [2.75, 3.05) is 17.1 Å². The molecule has 0 atom stereocenters. The van der Waals surface area contributed by atoms with E-state index in [1.165, 1.54) is 10.6 Å². The molecule has 146 valence electrons. The standard InChI is InChI=1S/C21H28N2O3S/c1-5-18-12-8-10-17(3)21(18)23(27(4,25)26)14-13-20(24)22-15-19-11-7-6-9-16(19)2/h6-12H,5,13-15H2,1-4H3,(H,22,24). The predicted octanol–water partition coefficient (Wildman–Crippen LogP) is 3.34. The maximum absolute atomic E-state index is 12.4. The van der Waals surface area contributed by atoms with E-state index in [9.17, 15) is 13.2 Å². The zero-order chi connectivity index (χ0) is 20.0. The molecule has 0 unspecified atom stereocenters. The minimum Gasteiger partial charge on any atom is -0.352 e. The van der Waals surface area contributed by atoms with E-state index in [0.29, 0.717) is 12.2 Å². The summed E-state index contributed by atoms with van der Waals surface area (Å²) in [6, 6.07) is 13.6. The highest BCUT2D eigenvalue weighted by molar-refractivity contribution is 7.92. The van der Waals surface area contributed by atoms with Gasteiger partial charge in [-0.25, -0.2) is 8.42 Å². The molecule has 0 aromatic heterocycles. The van der Waals surface area contributed by atoms with Crippen molar-refractivity contribution < 1.29 is 13.2 Å². The number of carbonyl (C=O) groups excluding carboxylic acids is 1. The number of hydrogen-bond acceptors (Lipinski definition) is 3. The summed E-state index contributed by atoms with van der Waals surface area (Å²) in [5.41, 5.74) is 4.70. The molecule has 1 amide bonds. The van der Waals surface area contributed by atoms with Gasteiger partial charge in [0.05, 0.1) is 11.9 Å². The topological polar surface area (TPSA) is 66.5 Å². The monoisotopic (exact) mass is 388 g/mol. The molecular formula is C21H28N2O3S. The summed E-state index contributed by atoms with van der Waals surface area (Å²) in [5.74, 6) is -0.168. The number of amides is 1. The van der Waals surface area contributed by atoms with E-state index >= 15 is 0 Å². The summed E-state index contributed by atoms with van der Waals surface area (Å²) in [5, 5.41) is 2.88. The summed E-state index contributed by atoms with van der Waals surface area (Å²) in [4.78, 5) is 12.3. The molecule has 0 aliphatic heterocycles. The van der Waals surface area contributed by atoms with E-state index in [-0.39, 0.29) is 18.9 Å². The summed E-state index contributed by atoms with van der Waals surface area (Å²) >= 11 is 0. The van der Waals surface area contributed by atoms with Crippen LogP contribution in [0, 0.1) is 13.8 Å². The van der Waals surface area contributed by atoms with Gasteiger partial charge in [-0.3, -0.25) is 9.10 Å². The minimum atomic E-state index is -3.49. The molecule has 5 nitrogen and oxygen atoms in total. The van der Waals surface area contributed by atoms with Gasteiger partial charge in [-0.05, 0) is 42.5 Å². The number of aryl methyl sites for hydroxylation is 3. The molecule has 2 aromatic rings. The molecule has 0 saturated heterocycles. The molecular weight excluding hydrogens is 360 g/mol. The number of benzene rings is 2. The molecule has 1 N–H and O–H groups in total. The lowest BCUT2D eigenvalue weighted by Crippen LogP contribution is -2.35. The normalized spacial score (nSPS) is 11.3. The molecule has 2 aromatic carbocycles. The van der Waals surface area contributed by atoms with Crippen LogP contribution >= 0.6 is 0 Å². The van der Waals surface area contributed by atoms with Gasteiger partial charge >= 0.3 is 0 Å². The number of carbonyl (C=O) groups is 1. The van der Waals surface area contributed by atoms with Crippen LogP contribution in [-0.4, -0.2) is 27.1 Å². The molecule has 0 aliphatic carbocycles. The average molecular weight is 389 g/mol. The third-order valence-electron chi connectivity index (χ3n) is 4.63. The molecule has 0 bridgehead atoms. The zero-order valence-corrected chi connectivity index (χ0v) is 17.3. The first kappa shape index (κ1) is 21.0. The largest absolute Gasteiger partial charge is 0.352 e. The Labute approximate surface area is 162 Å². The summed E-state index contributed by atoms with van der Waals surface area (Å²) in [6.45, 7) is 6.45. The van der Waals surface area contributed by atoms with Gasteiger partial charge in [-0.2, -0.15) is 0 Å². The third kappa shape index (κ3) is 5.57. The fourth-order valence-corrected chi connectivity index (χ4v) is 4.11. The number of nitrogens with one attached hydrogen (secondary N) is 1. The molecule has 0 spiro atoms. The van der Waals surface area contributed by atoms with Crippen LogP contribution < -0.4 is 9.62 Å². The number of rotatable bonds is 8. The van der Waals surface area contributed by atoms with Crippen molar-refractivity contribution in [1.82, 2.24) is 5.32 Å². The Morgan fingerprint density at radius 2 is 1.63 bits per heavy atom. The average Bonchev–Trinajstić information content (AvgIpc) is 2.61. The molecule has 6 heteroatoms. The van der Waals surface area contributed by atoms with Crippen LogP contribution in [0.15, 0.2) is 42.5 Å². The van der Waals surface area contributed by atoms with Crippen molar-refractivity contribution in [2.24, 2.45) is 0 Å². The lowest BCUT2D eigenvalue weighted by molar-refractivity contribution is -0.121. The molecule has 0 saturated carbocycles. The van der Waals surface area contributed by atoms with Gasteiger partial charge in [0.2, 0.25) is 15.9 Å². The van der Waals surface area contributed by atoms with E-state index in [0.717, 1.165) is 28.7 Å². The molecule has 0 radical (unpaired) electrons. The quantitative estimate of drug-likeness (QED) is 0.754. The Morgan fingerprint density at radius 1 is 1.00 bits per heavy atom. The Bertz CT molecular complexity index is 907. The molecule has 27 heavy (non-hydrogen) atoms. The van der Waals surface area contributed by atoms with Gasteiger partial charge in [0.25, 0.3) is 0 Å². The highest BCUT2D eigenvalue weighted by Crippen LogP contribution is 2.28. The second kappa shape index (κ2) is 9.04. The molecule has 0 aliphatic rings. The second-order valence-corrected chi connectivity index (χ2v) is 8.63. The van der Waals surface area contributed by atoms with Crippen LogP contribution in [0.3, 0.4) is 0 Å². The van der Waals surface area contributed by atoms with Crippen molar-refractivity contribution in [1.29, 1.82) is 0 Å². The predicted molar refractivity (Wildman–Crippen MR) is 110 cm³/mol. The lowest BCUT2D eigenvalue weighted by atomic mass is 10.1. The first-order valence-electron chi connectivity index (χ1n) is 9.11. The minimum absolute atomic E-state index is 0.108. The van der Waals surface area contributed by atoms with E-state index in [1.54, 1.807) is 0 Å². The first-order chi connectivity index (χ1) is 12.7.